The average Bonchev–Trinajstić information content (AvgIpc) is 2.37. The van der Waals surface area contributed by atoms with Crippen LogP contribution in [0.2, 0.25) is 0 Å². The molecule has 0 saturated heterocycles. The van der Waals surface area contributed by atoms with Crippen LogP contribution in [0, 0.1) is 0 Å². The summed E-state index contributed by atoms with van der Waals surface area (Å²) in [6.07, 6.45) is 9.33. The van der Waals surface area contributed by atoms with Gasteiger partial charge in [-0.25, -0.2) is 0 Å². The summed E-state index contributed by atoms with van der Waals surface area (Å²) in [5, 5.41) is 2.85. The number of amides is 1. The molecule has 0 rings (SSSR count). The van der Waals surface area contributed by atoms with Crippen LogP contribution in [-0.2, 0) is 9.53 Å². The van der Waals surface area contributed by atoms with Crippen molar-refractivity contribution >= 4 is 5.91 Å². The van der Waals surface area contributed by atoms with Gasteiger partial charge in [-0.3, -0.25) is 4.79 Å². The zero-order chi connectivity index (χ0) is 13.5. The van der Waals surface area contributed by atoms with Crippen LogP contribution >= 0.6 is 0 Å². The van der Waals surface area contributed by atoms with E-state index >= 15 is 0 Å². The highest BCUT2D eigenvalue weighted by atomic mass is 16.5. The van der Waals surface area contributed by atoms with Gasteiger partial charge in [0.2, 0.25) is 5.91 Å². The van der Waals surface area contributed by atoms with Gasteiger partial charge in [-0.2, -0.15) is 0 Å². The molecule has 0 atom stereocenters. The van der Waals surface area contributed by atoms with Gasteiger partial charge in [0.05, 0.1) is 13.2 Å². The number of carbonyl (C=O) groups is 1. The Hall–Kier alpha value is -0.610. The van der Waals surface area contributed by atoms with Gasteiger partial charge in [0.1, 0.15) is 0 Å². The van der Waals surface area contributed by atoms with Crippen molar-refractivity contribution in [3.05, 3.63) is 0 Å². The Morgan fingerprint density at radius 2 is 1.72 bits per heavy atom. The van der Waals surface area contributed by atoms with Crippen molar-refractivity contribution < 1.29 is 9.53 Å². The Bertz CT molecular complexity index is 187. The first kappa shape index (κ1) is 17.4. The van der Waals surface area contributed by atoms with E-state index in [2.05, 4.69) is 12.2 Å². The van der Waals surface area contributed by atoms with E-state index in [9.17, 15) is 4.79 Å². The molecule has 0 bridgehead atoms. The number of carbonyl (C=O) groups excluding carboxylic acids is 1. The fourth-order valence-corrected chi connectivity index (χ4v) is 1.78. The highest BCUT2D eigenvalue weighted by molar-refractivity contribution is 5.75. The van der Waals surface area contributed by atoms with Crippen LogP contribution in [0.25, 0.3) is 0 Å². The largest absolute Gasteiger partial charge is 0.378 e. The summed E-state index contributed by atoms with van der Waals surface area (Å²) in [7, 11) is 0. The fourth-order valence-electron chi connectivity index (χ4n) is 1.78. The average molecular weight is 258 g/mol. The number of nitrogens with one attached hydrogen (secondary N) is 1. The summed E-state index contributed by atoms with van der Waals surface area (Å²) in [5.74, 6) is 0.139. The molecule has 0 saturated carbocycles. The van der Waals surface area contributed by atoms with Crippen molar-refractivity contribution in [1.29, 1.82) is 0 Å². The number of unbranched alkanes of at least 4 members (excludes halogenated alkanes) is 6. The maximum atomic E-state index is 11.4. The summed E-state index contributed by atoms with van der Waals surface area (Å²) >= 11 is 0. The molecule has 3 N–H and O–H groups in total. The first-order valence-corrected chi connectivity index (χ1v) is 7.35. The van der Waals surface area contributed by atoms with Gasteiger partial charge in [0.25, 0.3) is 0 Å². The van der Waals surface area contributed by atoms with E-state index in [4.69, 9.17) is 10.5 Å². The molecule has 0 aromatic carbocycles. The van der Waals surface area contributed by atoms with Crippen LogP contribution in [0.5, 0.6) is 0 Å². The summed E-state index contributed by atoms with van der Waals surface area (Å²) in [6.45, 7) is 4.47. The second kappa shape index (κ2) is 14.5. The van der Waals surface area contributed by atoms with E-state index in [1.54, 1.807) is 0 Å². The van der Waals surface area contributed by atoms with Crippen molar-refractivity contribution in [1.82, 2.24) is 5.32 Å². The Morgan fingerprint density at radius 1 is 1.06 bits per heavy atom. The third-order valence-corrected chi connectivity index (χ3v) is 2.84. The highest BCUT2D eigenvalue weighted by Crippen LogP contribution is 2.08. The molecule has 0 fully saturated rings. The number of hydrogen-bond donors (Lipinski definition) is 2. The Kier molecular flexibility index (Phi) is 14.0. The molecule has 0 aliphatic carbocycles. The first-order valence-electron chi connectivity index (χ1n) is 7.35. The molecule has 4 nitrogen and oxygen atoms in total. The Balaban J connectivity index is 3.12. The second-order valence-corrected chi connectivity index (χ2v) is 4.62. The smallest absolute Gasteiger partial charge is 0.220 e. The summed E-state index contributed by atoms with van der Waals surface area (Å²) < 4.78 is 5.17. The van der Waals surface area contributed by atoms with Crippen LogP contribution in [0.15, 0.2) is 0 Å². The molecule has 0 aliphatic heterocycles. The predicted molar refractivity (Wildman–Crippen MR) is 75.5 cm³/mol. The van der Waals surface area contributed by atoms with Crippen molar-refractivity contribution in [2.45, 2.75) is 58.3 Å². The topological polar surface area (TPSA) is 64.3 Å². The van der Waals surface area contributed by atoms with Crippen LogP contribution in [-0.4, -0.2) is 32.2 Å². The summed E-state index contributed by atoms with van der Waals surface area (Å²) in [4.78, 5) is 11.4. The molecule has 18 heavy (non-hydrogen) atoms. The predicted octanol–water partition coefficient (Wildman–Crippen LogP) is 2.22. The van der Waals surface area contributed by atoms with Crippen LogP contribution in [0.4, 0.5) is 0 Å². The first-order chi connectivity index (χ1) is 8.81. The molecule has 0 heterocycles. The van der Waals surface area contributed by atoms with E-state index in [0.717, 1.165) is 6.42 Å². The molecule has 0 unspecified atom stereocenters. The number of rotatable bonds is 13. The van der Waals surface area contributed by atoms with Gasteiger partial charge in [0, 0.05) is 19.5 Å². The minimum Gasteiger partial charge on any atom is -0.378 e. The molecule has 0 aliphatic rings. The molecular formula is C14H30N2O2. The lowest BCUT2D eigenvalue weighted by Crippen LogP contribution is -2.27. The monoisotopic (exact) mass is 258 g/mol. The Labute approximate surface area is 112 Å². The van der Waals surface area contributed by atoms with Crippen molar-refractivity contribution in [3.8, 4) is 0 Å². The van der Waals surface area contributed by atoms with Gasteiger partial charge < -0.3 is 15.8 Å². The molecule has 0 spiro atoms. The van der Waals surface area contributed by atoms with Crippen molar-refractivity contribution in [3.63, 3.8) is 0 Å². The highest BCUT2D eigenvalue weighted by Gasteiger charge is 2.00. The standard InChI is InChI=1S/C14H30N2O2/c1-2-3-4-5-6-7-8-9-14(17)16-11-13-18-12-10-15/h2-13,15H2,1H3,(H,16,17). The minimum absolute atomic E-state index is 0.139. The zero-order valence-corrected chi connectivity index (χ0v) is 11.9. The number of ether oxygens (including phenoxy) is 1. The molecule has 0 radical (unpaired) electrons. The van der Waals surface area contributed by atoms with Crippen molar-refractivity contribution in [2.24, 2.45) is 5.73 Å². The van der Waals surface area contributed by atoms with Crippen LogP contribution in [0.1, 0.15) is 58.3 Å². The normalized spacial score (nSPS) is 10.6. The third kappa shape index (κ3) is 13.5. The number of hydrogen-bond acceptors (Lipinski definition) is 3. The van der Waals surface area contributed by atoms with E-state index in [-0.39, 0.29) is 5.91 Å². The lowest BCUT2D eigenvalue weighted by molar-refractivity contribution is -0.121. The lowest BCUT2D eigenvalue weighted by Gasteiger charge is -2.05. The molecule has 0 aromatic rings. The third-order valence-electron chi connectivity index (χ3n) is 2.84. The second-order valence-electron chi connectivity index (χ2n) is 4.62. The maximum absolute atomic E-state index is 11.4. The molecule has 0 aromatic heterocycles. The van der Waals surface area contributed by atoms with Crippen LogP contribution in [0.3, 0.4) is 0 Å². The SMILES string of the molecule is CCCCCCCCCC(=O)NCCOCCN. The Morgan fingerprint density at radius 3 is 2.39 bits per heavy atom. The molecule has 4 heteroatoms. The van der Waals surface area contributed by atoms with E-state index in [1.807, 2.05) is 0 Å². The summed E-state index contributed by atoms with van der Waals surface area (Å²) in [6, 6.07) is 0. The summed E-state index contributed by atoms with van der Waals surface area (Å²) in [5.41, 5.74) is 5.28. The quantitative estimate of drug-likeness (QED) is 0.498. The molecule has 1 amide bonds. The number of nitrogens with two attached hydrogens (primary N) is 1. The fraction of sp³-hybridized carbons (Fsp3) is 0.929. The van der Waals surface area contributed by atoms with Gasteiger partial charge in [0.15, 0.2) is 0 Å². The van der Waals surface area contributed by atoms with Gasteiger partial charge in [-0.05, 0) is 6.42 Å². The van der Waals surface area contributed by atoms with E-state index in [1.165, 1.54) is 38.5 Å². The lowest BCUT2D eigenvalue weighted by atomic mass is 10.1. The zero-order valence-electron chi connectivity index (χ0n) is 11.9. The van der Waals surface area contributed by atoms with Gasteiger partial charge in [-0.15, -0.1) is 0 Å². The van der Waals surface area contributed by atoms with E-state index in [0.29, 0.717) is 32.7 Å². The maximum Gasteiger partial charge on any atom is 0.220 e. The van der Waals surface area contributed by atoms with Gasteiger partial charge in [-0.1, -0.05) is 45.4 Å². The minimum atomic E-state index is 0.139. The van der Waals surface area contributed by atoms with Gasteiger partial charge >= 0.3 is 0 Å². The van der Waals surface area contributed by atoms with Crippen molar-refractivity contribution in [2.75, 3.05) is 26.3 Å². The van der Waals surface area contributed by atoms with Crippen LogP contribution < -0.4 is 11.1 Å². The van der Waals surface area contributed by atoms with E-state index < -0.39 is 0 Å². The molecule has 108 valence electrons. The molecular weight excluding hydrogens is 228 g/mol.